The van der Waals surface area contributed by atoms with Crippen LogP contribution in [0.3, 0.4) is 0 Å². The van der Waals surface area contributed by atoms with E-state index in [0.29, 0.717) is 17.5 Å². The molecular weight excluding hydrogens is 420 g/mol. The molecule has 2 unspecified atom stereocenters. The summed E-state index contributed by atoms with van der Waals surface area (Å²) in [5.41, 5.74) is 3.81. The predicted molar refractivity (Wildman–Crippen MR) is 125 cm³/mol. The minimum Gasteiger partial charge on any atom is -0.454 e. The number of esters is 1. The van der Waals surface area contributed by atoms with Crippen LogP contribution in [0.2, 0.25) is 0 Å². The molecule has 6 heteroatoms. The van der Waals surface area contributed by atoms with E-state index in [2.05, 4.69) is 0 Å². The van der Waals surface area contributed by atoms with Crippen molar-refractivity contribution >= 4 is 33.4 Å². The van der Waals surface area contributed by atoms with Crippen LogP contribution in [-0.2, 0) is 11.2 Å². The van der Waals surface area contributed by atoms with Gasteiger partial charge in [-0.25, -0.2) is 9.78 Å². The van der Waals surface area contributed by atoms with E-state index < -0.39 is 0 Å². The van der Waals surface area contributed by atoms with E-state index in [9.17, 15) is 9.59 Å². The minimum absolute atomic E-state index is 0.102. The fraction of sp³-hybridized carbons (Fsp3) is 0.192. The topological polar surface area (TPSA) is 59.5 Å². The number of hydrogen-bond acceptors (Lipinski definition) is 5. The van der Waals surface area contributed by atoms with Gasteiger partial charge in [0.15, 0.2) is 0 Å². The molecule has 1 aliphatic heterocycles. The number of aromatic nitrogens is 1. The number of rotatable bonds is 4. The average Bonchev–Trinajstić information content (AvgIpc) is 3.27. The van der Waals surface area contributed by atoms with Gasteiger partial charge in [-0.2, -0.15) is 0 Å². The third-order valence-corrected chi connectivity index (χ3v) is 7.17. The van der Waals surface area contributed by atoms with Gasteiger partial charge >= 0.3 is 5.97 Å². The van der Waals surface area contributed by atoms with Crippen LogP contribution in [-0.4, -0.2) is 28.8 Å². The lowest BCUT2D eigenvalue weighted by Crippen LogP contribution is -2.30. The molecule has 0 spiro atoms. The molecule has 5 nitrogen and oxygen atoms in total. The standard InChI is InChI=1S/C26H22N2O3S/c1-16(24-27-21-10-6-7-11-23(21)32-24)28(2)25(29)18-12-13-20-19(14-18)15-22(31-26(20)30)17-8-4-3-5-9-17/h3-14,16,22H,15H2,1-2H3. The van der Waals surface area contributed by atoms with E-state index in [4.69, 9.17) is 9.72 Å². The minimum atomic E-state index is -0.352. The summed E-state index contributed by atoms with van der Waals surface area (Å²) in [7, 11) is 1.79. The number of benzene rings is 3. The number of para-hydroxylation sites is 1. The first-order valence-electron chi connectivity index (χ1n) is 10.5. The molecule has 1 aromatic heterocycles. The normalized spacial score (nSPS) is 16.3. The highest BCUT2D eigenvalue weighted by Crippen LogP contribution is 2.33. The van der Waals surface area contributed by atoms with Crippen LogP contribution in [0.4, 0.5) is 0 Å². The molecule has 0 aliphatic carbocycles. The van der Waals surface area contributed by atoms with Gasteiger partial charge in [0.2, 0.25) is 0 Å². The van der Waals surface area contributed by atoms with Crippen LogP contribution < -0.4 is 0 Å². The number of amides is 1. The van der Waals surface area contributed by atoms with E-state index in [-0.39, 0.29) is 24.0 Å². The van der Waals surface area contributed by atoms with Crippen molar-refractivity contribution < 1.29 is 14.3 Å². The number of carbonyl (C=O) groups is 2. The van der Waals surface area contributed by atoms with E-state index >= 15 is 0 Å². The molecule has 2 heterocycles. The van der Waals surface area contributed by atoms with Gasteiger partial charge in [-0.15, -0.1) is 11.3 Å². The van der Waals surface area contributed by atoms with Crippen molar-refractivity contribution in [1.82, 2.24) is 9.88 Å². The first kappa shape index (κ1) is 20.4. The van der Waals surface area contributed by atoms with E-state index in [1.165, 1.54) is 0 Å². The second kappa shape index (κ2) is 8.20. The Balaban J connectivity index is 1.40. The van der Waals surface area contributed by atoms with Crippen molar-refractivity contribution in [3.8, 4) is 0 Å². The molecule has 5 rings (SSSR count). The quantitative estimate of drug-likeness (QED) is 0.387. The fourth-order valence-corrected chi connectivity index (χ4v) is 5.06. The summed E-state index contributed by atoms with van der Waals surface area (Å²) < 4.78 is 6.74. The molecule has 1 amide bonds. The maximum Gasteiger partial charge on any atom is 0.339 e. The van der Waals surface area contributed by atoms with Crippen molar-refractivity contribution in [2.45, 2.75) is 25.5 Å². The lowest BCUT2D eigenvalue weighted by molar-refractivity contribution is 0.0252. The molecule has 0 fully saturated rings. The number of ether oxygens (including phenoxy) is 1. The van der Waals surface area contributed by atoms with Crippen molar-refractivity contribution in [3.05, 3.63) is 100 Å². The lowest BCUT2D eigenvalue weighted by Gasteiger charge is -2.27. The maximum absolute atomic E-state index is 13.3. The number of thiazole rings is 1. The molecule has 3 aromatic carbocycles. The Morgan fingerprint density at radius 2 is 1.84 bits per heavy atom. The third-order valence-electron chi connectivity index (χ3n) is 5.97. The van der Waals surface area contributed by atoms with Crippen molar-refractivity contribution in [2.75, 3.05) is 7.05 Å². The summed E-state index contributed by atoms with van der Waals surface area (Å²) >= 11 is 1.60. The van der Waals surface area contributed by atoms with Gasteiger partial charge < -0.3 is 9.64 Å². The highest BCUT2D eigenvalue weighted by molar-refractivity contribution is 7.18. The molecule has 0 radical (unpaired) electrons. The Morgan fingerprint density at radius 1 is 1.09 bits per heavy atom. The summed E-state index contributed by atoms with van der Waals surface area (Å²) in [5.74, 6) is -0.454. The van der Waals surface area contributed by atoms with Crippen molar-refractivity contribution in [3.63, 3.8) is 0 Å². The summed E-state index contributed by atoms with van der Waals surface area (Å²) in [6, 6.07) is 22.7. The van der Waals surface area contributed by atoms with Crippen LogP contribution in [0.5, 0.6) is 0 Å². The van der Waals surface area contributed by atoms with E-state index in [0.717, 1.165) is 26.4 Å². The van der Waals surface area contributed by atoms with Crippen molar-refractivity contribution in [1.29, 1.82) is 0 Å². The molecule has 32 heavy (non-hydrogen) atoms. The number of cyclic esters (lactones) is 1. The average molecular weight is 443 g/mol. The smallest absolute Gasteiger partial charge is 0.339 e. The zero-order valence-corrected chi connectivity index (χ0v) is 18.6. The van der Waals surface area contributed by atoms with Crippen LogP contribution in [0.1, 0.15) is 55.9 Å². The van der Waals surface area contributed by atoms with Gasteiger partial charge in [-0.05, 0) is 48.4 Å². The number of fused-ring (bicyclic) bond motifs is 2. The predicted octanol–water partition coefficient (Wildman–Crippen LogP) is 5.58. The van der Waals surface area contributed by atoms with Crippen LogP contribution in [0.15, 0.2) is 72.8 Å². The largest absolute Gasteiger partial charge is 0.454 e. The molecule has 4 aromatic rings. The molecular formula is C26H22N2O3S. The molecule has 1 aliphatic rings. The first-order chi connectivity index (χ1) is 15.5. The first-order valence-corrected chi connectivity index (χ1v) is 11.3. The van der Waals surface area contributed by atoms with Crippen molar-refractivity contribution in [2.24, 2.45) is 0 Å². The SMILES string of the molecule is CC(c1nc2ccccc2s1)N(C)C(=O)c1ccc2c(c1)CC(c1ccccc1)OC2=O. The van der Waals surface area contributed by atoms with Crippen LogP contribution >= 0.6 is 11.3 Å². The van der Waals surface area contributed by atoms with E-state index in [1.807, 2.05) is 67.6 Å². The Hall–Kier alpha value is -3.51. The molecule has 0 N–H and O–H groups in total. The molecule has 2 atom stereocenters. The highest BCUT2D eigenvalue weighted by Gasteiger charge is 2.29. The summed E-state index contributed by atoms with van der Waals surface area (Å²) in [4.78, 5) is 32.2. The Morgan fingerprint density at radius 3 is 2.62 bits per heavy atom. The highest BCUT2D eigenvalue weighted by atomic mass is 32.1. The van der Waals surface area contributed by atoms with Gasteiger partial charge in [0, 0.05) is 19.0 Å². The molecule has 0 saturated carbocycles. The molecule has 0 saturated heterocycles. The third kappa shape index (κ3) is 3.67. The number of hydrogen-bond donors (Lipinski definition) is 0. The maximum atomic E-state index is 13.3. The van der Waals surface area contributed by atoms with Gasteiger partial charge in [-0.3, -0.25) is 4.79 Å². The van der Waals surface area contributed by atoms with Gasteiger partial charge in [0.25, 0.3) is 5.91 Å². The van der Waals surface area contributed by atoms with Crippen LogP contribution in [0.25, 0.3) is 10.2 Å². The number of nitrogens with zero attached hydrogens (tertiary/aromatic N) is 2. The summed E-state index contributed by atoms with van der Waals surface area (Å²) in [6.45, 7) is 1.98. The second-order valence-electron chi connectivity index (χ2n) is 7.99. The zero-order chi connectivity index (χ0) is 22.2. The number of carbonyl (C=O) groups excluding carboxylic acids is 2. The Labute approximate surface area is 190 Å². The molecule has 160 valence electrons. The van der Waals surface area contributed by atoms with Gasteiger partial charge in [0.1, 0.15) is 11.1 Å². The summed E-state index contributed by atoms with van der Waals surface area (Å²) in [6.07, 6.45) is 0.199. The lowest BCUT2D eigenvalue weighted by atomic mass is 9.93. The molecule has 0 bridgehead atoms. The Kier molecular flexibility index (Phi) is 5.23. The van der Waals surface area contributed by atoms with E-state index in [1.54, 1.807) is 35.4 Å². The fourth-order valence-electron chi connectivity index (χ4n) is 4.00. The Bertz CT molecular complexity index is 1280. The second-order valence-corrected chi connectivity index (χ2v) is 9.05. The van der Waals surface area contributed by atoms with Gasteiger partial charge in [0.05, 0.1) is 21.8 Å². The van der Waals surface area contributed by atoms with Crippen LogP contribution in [0, 0.1) is 0 Å². The zero-order valence-electron chi connectivity index (χ0n) is 17.8. The summed E-state index contributed by atoms with van der Waals surface area (Å²) in [5, 5.41) is 0.896. The van der Waals surface area contributed by atoms with Gasteiger partial charge in [-0.1, -0.05) is 42.5 Å². The monoisotopic (exact) mass is 442 g/mol.